The first-order valence-electron chi connectivity index (χ1n) is 11.4. The summed E-state index contributed by atoms with van der Waals surface area (Å²) in [6, 6.07) is 14.1. The SMILES string of the molecule is CCCCN1C(=O)C(=C2Sc3ccc(Cl)cc3N2C)SC1=Nc1ccc(N(CC)CC)cc1. The van der Waals surface area contributed by atoms with Gasteiger partial charge in [-0.2, -0.15) is 0 Å². The lowest BCUT2D eigenvalue weighted by atomic mass is 10.2. The third-order valence-corrected chi connectivity index (χ3v) is 8.46. The normalized spacial score (nSPS) is 19.1. The fourth-order valence-electron chi connectivity index (χ4n) is 3.89. The van der Waals surface area contributed by atoms with Crippen LogP contribution in [0.4, 0.5) is 17.1 Å². The number of hydrogen-bond donors (Lipinski definition) is 0. The second-order valence-electron chi connectivity index (χ2n) is 7.90. The number of benzene rings is 2. The van der Waals surface area contributed by atoms with E-state index in [1.807, 2.05) is 42.3 Å². The van der Waals surface area contributed by atoms with Crippen LogP contribution in [0.25, 0.3) is 0 Å². The standard InChI is InChI=1S/C25H29ClN4OS2/c1-5-8-15-30-23(31)22(24-28(4)20-16-17(26)9-14-21(20)32-24)33-25(30)27-18-10-12-19(13-11-18)29(6-2)7-3/h9-14,16H,5-8,15H2,1-4H3. The van der Waals surface area contributed by atoms with E-state index >= 15 is 0 Å². The van der Waals surface area contributed by atoms with Gasteiger partial charge in [0.2, 0.25) is 0 Å². The Labute approximate surface area is 209 Å². The lowest BCUT2D eigenvalue weighted by molar-refractivity contribution is -0.122. The summed E-state index contributed by atoms with van der Waals surface area (Å²) in [5, 5.41) is 2.37. The molecule has 33 heavy (non-hydrogen) atoms. The summed E-state index contributed by atoms with van der Waals surface area (Å²) >= 11 is 9.30. The van der Waals surface area contributed by atoms with Crippen LogP contribution in [-0.2, 0) is 4.79 Å². The molecule has 2 aromatic carbocycles. The highest BCUT2D eigenvalue weighted by Gasteiger charge is 2.38. The van der Waals surface area contributed by atoms with Crippen molar-refractivity contribution in [1.82, 2.24) is 4.90 Å². The second kappa shape index (κ2) is 10.5. The number of fused-ring (bicyclic) bond motifs is 1. The van der Waals surface area contributed by atoms with E-state index in [9.17, 15) is 4.79 Å². The third kappa shape index (κ3) is 4.91. The Balaban J connectivity index is 1.66. The van der Waals surface area contributed by atoms with Gasteiger partial charge in [-0.1, -0.05) is 36.7 Å². The van der Waals surface area contributed by atoms with Crippen LogP contribution in [-0.4, -0.2) is 42.7 Å². The van der Waals surface area contributed by atoms with Crippen molar-refractivity contribution in [1.29, 1.82) is 0 Å². The first-order chi connectivity index (χ1) is 16.0. The fraction of sp³-hybridized carbons (Fsp3) is 0.360. The lowest BCUT2D eigenvalue weighted by Crippen LogP contribution is -2.30. The van der Waals surface area contributed by atoms with Crippen LogP contribution >= 0.6 is 35.1 Å². The number of rotatable bonds is 7. The van der Waals surface area contributed by atoms with Crippen molar-refractivity contribution in [3.63, 3.8) is 0 Å². The van der Waals surface area contributed by atoms with E-state index in [-0.39, 0.29) is 5.91 Å². The first kappa shape index (κ1) is 24.0. The predicted octanol–water partition coefficient (Wildman–Crippen LogP) is 6.96. The highest BCUT2D eigenvalue weighted by atomic mass is 35.5. The minimum Gasteiger partial charge on any atom is -0.372 e. The molecule has 0 spiro atoms. The van der Waals surface area contributed by atoms with E-state index < -0.39 is 0 Å². The monoisotopic (exact) mass is 500 g/mol. The van der Waals surface area contributed by atoms with Crippen molar-refractivity contribution in [3.05, 3.63) is 57.4 Å². The smallest absolute Gasteiger partial charge is 0.269 e. The number of amidine groups is 1. The number of carbonyl (C=O) groups is 1. The Morgan fingerprint density at radius 1 is 1.03 bits per heavy atom. The molecule has 2 heterocycles. The minimum atomic E-state index is 0.0280. The topological polar surface area (TPSA) is 39.2 Å². The molecule has 2 aliphatic heterocycles. The van der Waals surface area contributed by atoms with Gasteiger partial charge in [0.1, 0.15) is 4.91 Å². The molecule has 0 N–H and O–H groups in total. The Bertz CT molecular complexity index is 1100. The number of halogens is 1. The average Bonchev–Trinajstić information content (AvgIpc) is 3.30. The van der Waals surface area contributed by atoms with Gasteiger partial charge < -0.3 is 9.80 Å². The number of hydrogen-bond acceptors (Lipinski definition) is 6. The van der Waals surface area contributed by atoms with Crippen LogP contribution in [0.1, 0.15) is 33.6 Å². The van der Waals surface area contributed by atoms with Crippen LogP contribution in [0, 0.1) is 0 Å². The number of aliphatic imine (C=N–C) groups is 1. The van der Waals surface area contributed by atoms with Crippen molar-refractivity contribution in [2.24, 2.45) is 4.99 Å². The van der Waals surface area contributed by atoms with E-state index in [4.69, 9.17) is 16.6 Å². The summed E-state index contributed by atoms with van der Waals surface area (Å²) in [5.74, 6) is 0.0280. The molecule has 1 saturated heterocycles. The summed E-state index contributed by atoms with van der Waals surface area (Å²) in [7, 11) is 1.99. The van der Waals surface area contributed by atoms with Gasteiger partial charge in [0.15, 0.2) is 5.17 Å². The predicted molar refractivity (Wildman–Crippen MR) is 144 cm³/mol. The van der Waals surface area contributed by atoms with Crippen LogP contribution < -0.4 is 9.80 Å². The van der Waals surface area contributed by atoms with Crippen molar-refractivity contribution in [3.8, 4) is 0 Å². The Kier molecular flexibility index (Phi) is 7.62. The fourth-order valence-corrected chi connectivity index (χ4v) is 6.40. The molecule has 0 radical (unpaired) electrons. The quantitative estimate of drug-likeness (QED) is 0.384. The highest BCUT2D eigenvalue weighted by Crippen LogP contribution is 2.50. The van der Waals surface area contributed by atoms with Gasteiger partial charge in [-0.05, 0) is 74.5 Å². The van der Waals surface area contributed by atoms with Gasteiger partial charge in [-0.25, -0.2) is 4.99 Å². The maximum Gasteiger partial charge on any atom is 0.269 e. The molecule has 8 heteroatoms. The van der Waals surface area contributed by atoms with E-state index in [2.05, 4.69) is 42.7 Å². The molecule has 0 unspecified atom stereocenters. The maximum atomic E-state index is 13.5. The van der Waals surface area contributed by atoms with Crippen LogP contribution in [0.15, 0.2) is 62.3 Å². The molecule has 5 nitrogen and oxygen atoms in total. The molecule has 4 rings (SSSR count). The van der Waals surface area contributed by atoms with Gasteiger partial charge in [-0.15, -0.1) is 0 Å². The highest BCUT2D eigenvalue weighted by molar-refractivity contribution is 8.19. The van der Waals surface area contributed by atoms with Crippen molar-refractivity contribution in [2.75, 3.05) is 36.5 Å². The molecule has 0 saturated carbocycles. The van der Waals surface area contributed by atoms with Crippen LogP contribution in [0.2, 0.25) is 5.02 Å². The van der Waals surface area contributed by atoms with Crippen LogP contribution in [0.5, 0.6) is 0 Å². The second-order valence-corrected chi connectivity index (χ2v) is 10.3. The Hall–Kier alpha value is -2.09. The maximum absolute atomic E-state index is 13.5. The van der Waals surface area contributed by atoms with Crippen LogP contribution in [0.3, 0.4) is 0 Å². The lowest BCUT2D eigenvalue weighted by Gasteiger charge is -2.21. The van der Waals surface area contributed by atoms with Gasteiger partial charge in [-0.3, -0.25) is 9.69 Å². The molecule has 2 aromatic rings. The number of thioether (sulfide) groups is 2. The van der Waals surface area contributed by atoms with E-state index in [0.717, 1.165) is 57.3 Å². The number of carbonyl (C=O) groups excluding carboxylic acids is 1. The van der Waals surface area contributed by atoms with Gasteiger partial charge >= 0.3 is 0 Å². The zero-order valence-electron chi connectivity index (χ0n) is 19.5. The molecule has 0 aliphatic carbocycles. The summed E-state index contributed by atoms with van der Waals surface area (Å²) in [5.41, 5.74) is 3.07. The van der Waals surface area contributed by atoms with Crippen molar-refractivity contribution >= 4 is 63.3 Å². The van der Waals surface area contributed by atoms with Gasteiger partial charge in [0, 0.05) is 42.3 Å². The Morgan fingerprint density at radius 3 is 2.42 bits per heavy atom. The molecular weight excluding hydrogens is 472 g/mol. The molecule has 0 bridgehead atoms. The van der Waals surface area contributed by atoms with Gasteiger partial charge in [0.05, 0.1) is 16.4 Å². The van der Waals surface area contributed by atoms with Gasteiger partial charge in [0.25, 0.3) is 5.91 Å². The number of unbranched alkanes of at least 4 members (excludes halogenated alkanes) is 1. The summed E-state index contributed by atoms with van der Waals surface area (Å²) in [4.78, 5) is 26.4. The molecule has 0 aromatic heterocycles. The third-order valence-electron chi connectivity index (χ3n) is 5.79. The molecule has 2 aliphatic rings. The first-order valence-corrected chi connectivity index (χ1v) is 13.4. The minimum absolute atomic E-state index is 0.0280. The molecule has 174 valence electrons. The Morgan fingerprint density at radius 2 is 1.76 bits per heavy atom. The number of anilines is 2. The number of amides is 1. The molecule has 0 atom stereocenters. The van der Waals surface area contributed by atoms with Crippen molar-refractivity contribution in [2.45, 2.75) is 38.5 Å². The number of nitrogens with zero attached hydrogens (tertiary/aromatic N) is 4. The molecule has 1 amide bonds. The largest absolute Gasteiger partial charge is 0.372 e. The van der Waals surface area contributed by atoms with Crippen molar-refractivity contribution < 1.29 is 4.79 Å². The van der Waals surface area contributed by atoms with E-state index in [0.29, 0.717) is 11.6 Å². The zero-order valence-corrected chi connectivity index (χ0v) is 21.9. The molecular formula is C25H29ClN4OS2. The molecule has 1 fully saturated rings. The average molecular weight is 501 g/mol. The zero-order chi connectivity index (χ0) is 23.5. The summed E-state index contributed by atoms with van der Waals surface area (Å²) in [6.45, 7) is 9.05. The summed E-state index contributed by atoms with van der Waals surface area (Å²) in [6.07, 6.45) is 1.96. The summed E-state index contributed by atoms with van der Waals surface area (Å²) < 4.78 is 0. The van der Waals surface area contributed by atoms with E-state index in [1.54, 1.807) is 11.8 Å². The van der Waals surface area contributed by atoms with E-state index in [1.165, 1.54) is 17.4 Å².